The minimum Gasteiger partial charge on any atom is -0.489 e. The Morgan fingerprint density at radius 3 is 2.49 bits per heavy atom. The highest BCUT2D eigenvalue weighted by Crippen LogP contribution is 2.39. The van der Waals surface area contributed by atoms with E-state index in [-0.39, 0.29) is 0 Å². The van der Waals surface area contributed by atoms with Crippen molar-refractivity contribution in [2.24, 2.45) is 5.10 Å². The molecule has 180 valence electrons. The summed E-state index contributed by atoms with van der Waals surface area (Å²) in [6.45, 7) is 2.50. The van der Waals surface area contributed by atoms with E-state index in [0.717, 1.165) is 40.8 Å². The van der Waals surface area contributed by atoms with Crippen LogP contribution in [-0.4, -0.2) is 31.1 Å². The number of anilines is 1. The maximum Gasteiger partial charge on any atom is 0.341 e. The lowest BCUT2D eigenvalue weighted by molar-refractivity contribution is -0.136. The van der Waals surface area contributed by atoms with E-state index in [2.05, 4.69) is 15.8 Å². The van der Waals surface area contributed by atoms with Crippen molar-refractivity contribution in [3.05, 3.63) is 81.2 Å². The number of carbonyl (C=O) groups excluding carboxylic acids is 3. The summed E-state index contributed by atoms with van der Waals surface area (Å²) in [6.07, 6.45) is 3.97. The fourth-order valence-corrected chi connectivity index (χ4v) is 4.96. The summed E-state index contributed by atoms with van der Waals surface area (Å²) in [5.74, 6) is -1.67. The minimum absolute atomic E-state index is 0.326. The zero-order valence-corrected chi connectivity index (χ0v) is 20.2. The van der Waals surface area contributed by atoms with Crippen LogP contribution in [0.2, 0.25) is 0 Å². The highest BCUT2D eigenvalue weighted by Gasteiger charge is 2.29. The number of amides is 2. The van der Waals surface area contributed by atoms with Gasteiger partial charge >= 0.3 is 17.8 Å². The van der Waals surface area contributed by atoms with Crippen molar-refractivity contribution >= 4 is 40.3 Å². The van der Waals surface area contributed by atoms with Crippen molar-refractivity contribution in [2.45, 2.75) is 32.8 Å². The number of nitrogens with zero attached hydrogens (tertiary/aromatic N) is 1. The molecule has 9 heteroatoms. The molecule has 0 unspecified atom stereocenters. The molecule has 1 heterocycles. The largest absolute Gasteiger partial charge is 0.489 e. The Bertz CT molecular complexity index is 1260. The third kappa shape index (κ3) is 5.93. The second kappa shape index (κ2) is 11.0. The highest BCUT2D eigenvalue weighted by atomic mass is 32.1. The summed E-state index contributed by atoms with van der Waals surface area (Å²) in [7, 11) is 1.29. The number of hydrogen-bond donors (Lipinski definition) is 2. The summed E-state index contributed by atoms with van der Waals surface area (Å²) in [6, 6.07) is 15.3. The molecule has 2 aromatic carbocycles. The molecule has 2 amide bonds. The molecule has 1 aliphatic carbocycles. The average Bonchev–Trinajstić information content (AvgIpc) is 3.45. The number of benzene rings is 2. The lowest BCUT2D eigenvalue weighted by atomic mass is 10.1. The SMILES string of the molecule is COC(=O)c1c(NC(=O)C(=O)N/N=C/c2ccc(OCc3ccc(C)cc3)cc2)sc2c1CCC2. The Balaban J connectivity index is 1.29. The first kappa shape index (κ1) is 24.2. The number of methoxy groups -OCH3 is 1. The van der Waals surface area contributed by atoms with Crippen molar-refractivity contribution in [1.82, 2.24) is 5.43 Å². The molecule has 3 aromatic rings. The van der Waals surface area contributed by atoms with E-state index in [0.29, 0.717) is 22.9 Å². The molecule has 0 fully saturated rings. The molecule has 0 aliphatic heterocycles. The molecule has 0 saturated carbocycles. The van der Waals surface area contributed by atoms with Crippen LogP contribution in [0.5, 0.6) is 5.75 Å². The van der Waals surface area contributed by atoms with Crippen LogP contribution in [0, 0.1) is 6.92 Å². The van der Waals surface area contributed by atoms with E-state index in [1.165, 1.54) is 30.2 Å². The predicted molar refractivity (Wildman–Crippen MR) is 134 cm³/mol. The van der Waals surface area contributed by atoms with Gasteiger partial charge < -0.3 is 14.8 Å². The van der Waals surface area contributed by atoms with Crippen LogP contribution in [0.1, 0.15) is 43.9 Å². The topological polar surface area (TPSA) is 106 Å². The van der Waals surface area contributed by atoms with E-state index in [1.54, 1.807) is 24.3 Å². The van der Waals surface area contributed by atoms with E-state index < -0.39 is 17.8 Å². The van der Waals surface area contributed by atoms with E-state index >= 15 is 0 Å². The van der Waals surface area contributed by atoms with Crippen LogP contribution in [0.25, 0.3) is 0 Å². The van der Waals surface area contributed by atoms with E-state index in [4.69, 9.17) is 9.47 Å². The molecule has 0 saturated heterocycles. The first-order valence-corrected chi connectivity index (χ1v) is 11.9. The number of rotatable bonds is 7. The number of aryl methyl sites for hydroxylation is 2. The number of thiophene rings is 1. The Kier molecular flexibility index (Phi) is 7.57. The molecular formula is C26H25N3O5S. The van der Waals surface area contributed by atoms with Gasteiger partial charge in [0.25, 0.3) is 0 Å². The van der Waals surface area contributed by atoms with Crippen LogP contribution in [0.4, 0.5) is 5.00 Å². The van der Waals surface area contributed by atoms with Gasteiger partial charge in [0, 0.05) is 4.88 Å². The van der Waals surface area contributed by atoms with Gasteiger partial charge in [0.2, 0.25) is 0 Å². The first-order chi connectivity index (χ1) is 16.9. The second-order valence-corrected chi connectivity index (χ2v) is 9.15. The van der Waals surface area contributed by atoms with Gasteiger partial charge in [-0.2, -0.15) is 5.10 Å². The summed E-state index contributed by atoms with van der Waals surface area (Å²) in [5.41, 5.74) is 6.42. The maximum atomic E-state index is 12.3. The summed E-state index contributed by atoms with van der Waals surface area (Å²) >= 11 is 1.30. The number of carbonyl (C=O) groups is 3. The normalized spacial score (nSPS) is 12.3. The van der Waals surface area contributed by atoms with Crippen molar-refractivity contribution in [1.29, 1.82) is 0 Å². The third-order valence-electron chi connectivity index (χ3n) is 5.53. The highest BCUT2D eigenvalue weighted by molar-refractivity contribution is 7.17. The van der Waals surface area contributed by atoms with Gasteiger partial charge in [-0.05, 0) is 67.1 Å². The van der Waals surface area contributed by atoms with Crippen molar-refractivity contribution in [3.8, 4) is 5.75 Å². The third-order valence-corrected chi connectivity index (χ3v) is 6.74. The van der Waals surface area contributed by atoms with Gasteiger partial charge in [-0.3, -0.25) is 9.59 Å². The molecular weight excluding hydrogens is 466 g/mol. The Labute approximate surface area is 207 Å². The van der Waals surface area contributed by atoms with Gasteiger partial charge in [-0.25, -0.2) is 10.2 Å². The smallest absolute Gasteiger partial charge is 0.341 e. The number of esters is 1. The number of nitrogens with one attached hydrogen (secondary N) is 2. The van der Waals surface area contributed by atoms with E-state index in [1.807, 2.05) is 31.2 Å². The predicted octanol–water partition coefficient (Wildman–Crippen LogP) is 4.00. The van der Waals surface area contributed by atoms with Gasteiger partial charge in [0.1, 0.15) is 17.4 Å². The quantitative estimate of drug-likeness (QED) is 0.225. The number of hydrazone groups is 1. The molecule has 0 spiro atoms. The summed E-state index contributed by atoms with van der Waals surface area (Å²) in [5, 5.41) is 6.69. The Morgan fingerprint density at radius 1 is 1.03 bits per heavy atom. The summed E-state index contributed by atoms with van der Waals surface area (Å²) < 4.78 is 10.6. The fourth-order valence-electron chi connectivity index (χ4n) is 3.69. The fraction of sp³-hybridized carbons (Fsp3) is 0.231. The zero-order valence-electron chi connectivity index (χ0n) is 19.4. The maximum absolute atomic E-state index is 12.3. The van der Waals surface area contributed by atoms with Crippen molar-refractivity contribution < 1.29 is 23.9 Å². The molecule has 0 bridgehead atoms. The monoisotopic (exact) mass is 491 g/mol. The van der Waals surface area contributed by atoms with Gasteiger partial charge in [-0.15, -0.1) is 11.3 Å². The number of hydrogen-bond acceptors (Lipinski definition) is 7. The lowest BCUT2D eigenvalue weighted by Crippen LogP contribution is -2.32. The molecule has 1 aliphatic rings. The molecule has 2 N–H and O–H groups in total. The second-order valence-electron chi connectivity index (χ2n) is 8.05. The summed E-state index contributed by atoms with van der Waals surface area (Å²) in [4.78, 5) is 37.7. The van der Waals surface area contributed by atoms with Crippen molar-refractivity contribution in [2.75, 3.05) is 12.4 Å². The molecule has 8 nitrogen and oxygen atoms in total. The molecule has 1 aromatic heterocycles. The van der Waals surface area contributed by atoms with Crippen LogP contribution in [0.15, 0.2) is 53.6 Å². The van der Waals surface area contributed by atoms with Crippen molar-refractivity contribution in [3.63, 3.8) is 0 Å². The molecule has 4 rings (SSSR count). The number of ether oxygens (including phenoxy) is 2. The molecule has 35 heavy (non-hydrogen) atoms. The van der Waals surface area contributed by atoms with Gasteiger partial charge in [-0.1, -0.05) is 29.8 Å². The van der Waals surface area contributed by atoms with Crippen LogP contribution in [-0.2, 0) is 33.8 Å². The Hall–Kier alpha value is -3.98. The number of fused-ring (bicyclic) bond motifs is 1. The average molecular weight is 492 g/mol. The molecule has 0 radical (unpaired) electrons. The minimum atomic E-state index is -0.941. The lowest BCUT2D eigenvalue weighted by Gasteiger charge is -2.07. The Morgan fingerprint density at radius 2 is 1.77 bits per heavy atom. The standard InChI is InChI=1S/C26H25N3O5S/c1-16-6-8-18(9-7-16)15-34-19-12-10-17(11-13-19)14-27-29-24(31)23(30)28-25-22(26(32)33-2)20-4-3-5-21(20)35-25/h6-14H,3-5,15H2,1-2H3,(H,28,30)(H,29,31)/b27-14+. The zero-order chi connectivity index (χ0) is 24.8. The first-order valence-electron chi connectivity index (χ1n) is 11.1. The molecule has 0 atom stereocenters. The van der Waals surface area contributed by atoms with Crippen LogP contribution >= 0.6 is 11.3 Å². The van der Waals surface area contributed by atoms with Crippen LogP contribution in [0.3, 0.4) is 0 Å². The van der Waals surface area contributed by atoms with Crippen LogP contribution < -0.4 is 15.5 Å². The van der Waals surface area contributed by atoms with Gasteiger partial charge in [0.15, 0.2) is 0 Å². The van der Waals surface area contributed by atoms with E-state index in [9.17, 15) is 14.4 Å². The van der Waals surface area contributed by atoms with Gasteiger partial charge in [0.05, 0.1) is 18.9 Å².